The van der Waals surface area contributed by atoms with E-state index in [1.54, 1.807) is 0 Å². The summed E-state index contributed by atoms with van der Waals surface area (Å²) < 4.78 is 50.0. The number of alkyl halides is 4. The maximum absolute atomic E-state index is 13.0. The molecule has 3 unspecified atom stereocenters. The minimum absolute atomic E-state index is 0.144. The molecule has 2 bridgehead atoms. The first-order valence-electron chi connectivity index (χ1n) is 12.8. The molecule has 3 aromatic carbocycles. The molecule has 192 valence electrons. The van der Waals surface area contributed by atoms with Crippen LogP contribution in [0.15, 0.2) is 84.9 Å². The number of rotatable bonds is 5. The minimum atomic E-state index is -3.75. The lowest BCUT2D eigenvalue weighted by Gasteiger charge is -2.29. The van der Waals surface area contributed by atoms with E-state index in [0.717, 1.165) is 19.3 Å². The molecule has 5 rings (SSSR count). The van der Waals surface area contributed by atoms with Gasteiger partial charge in [0.15, 0.2) is 0 Å². The normalized spacial score (nSPS) is 21.5. The van der Waals surface area contributed by atoms with Crippen LogP contribution in [-0.4, -0.2) is 12.3 Å². The van der Waals surface area contributed by atoms with Crippen LogP contribution in [0.3, 0.4) is 0 Å². The molecule has 0 spiro atoms. The Morgan fingerprint density at radius 1 is 0.694 bits per heavy atom. The van der Waals surface area contributed by atoms with Gasteiger partial charge in [0.25, 0.3) is 0 Å². The van der Waals surface area contributed by atoms with Crippen molar-refractivity contribution in [2.24, 2.45) is 17.8 Å². The van der Waals surface area contributed by atoms with Crippen molar-refractivity contribution < 1.29 is 17.6 Å². The van der Waals surface area contributed by atoms with Crippen molar-refractivity contribution in [2.75, 3.05) is 0 Å². The van der Waals surface area contributed by atoms with Crippen molar-refractivity contribution in [2.45, 2.75) is 64.2 Å². The lowest BCUT2D eigenvalue weighted by molar-refractivity contribution is -0.176. The predicted octanol–water partition coefficient (Wildman–Crippen LogP) is 7.80. The van der Waals surface area contributed by atoms with Crippen LogP contribution in [0.25, 0.3) is 0 Å². The smallest absolute Gasteiger partial charge is 0.204 e. The summed E-state index contributed by atoms with van der Waals surface area (Å²) in [7, 11) is -0.939. The second-order valence-electron chi connectivity index (χ2n) is 11.2. The van der Waals surface area contributed by atoms with Gasteiger partial charge in [0.1, 0.15) is 15.9 Å². The predicted molar refractivity (Wildman–Crippen MR) is 145 cm³/mol. The summed E-state index contributed by atoms with van der Waals surface area (Å²) in [5.41, 5.74) is 1.59. The molecular weight excluding hydrogens is 479 g/mol. The highest BCUT2D eigenvalue weighted by Crippen LogP contribution is 2.54. The molecule has 3 atom stereocenters. The molecule has 0 saturated heterocycles. The van der Waals surface area contributed by atoms with Crippen molar-refractivity contribution in [3.8, 4) is 0 Å². The van der Waals surface area contributed by atoms with Crippen LogP contribution in [0.1, 0.15) is 52.0 Å². The fourth-order valence-electron chi connectivity index (χ4n) is 5.72. The summed E-state index contributed by atoms with van der Waals surface area (Å²) in [5.74, 6) is -4.65. The Morgan fingerprint density at radius 2 is 1.19 bits per heavy atom. The standard InChI is InChI=1S/C22H23P.C9H12F4/c1-22(2,3)18-14-16-21(17-15-18)23(19-10-6-4-7-11-19)20-12-8-5-9-13-20;10-8(11)9(12,13)7-4-5-1-2-6(7)3-5/h4-17H,1-3H3;5-8H,1-4H2/p+1. The van der Waals surface area contributed by atoms with Gasteiger partial charge in [0.2, 0.25) is 0 Å². The average Bonchev–Trinajstić information content (AvgIpc) is 3.50. The van der Waals surface area contributed by atoms with E-state index in [4.69, 9.17) is 0 Å². The van der Waals surface area contributed by atoms with Crippen molar-refractivity contribution >= 4 is 23.8 Å². The number of hydrogen-bond acceptors (Lipinski definition) is 0. The van der Waals surface area contributed by atoms with Crippen LogP contribution in [0.4, 0.5) is 17.6 Å². The molecule has 2 saturated carbocycles. The highest BCUT2D eigenvalue weighted by atomic mass is 31.1. The van der Waals surface area contributed by atoms with Gasteiger partial charge in [-0.25, -0.2) is 8.78 Å². The Kier molecular flexibility index (Phi) is 8.25. The lowest BCUT2D eigenvalue weighted by atomic mass is 9.84. The maximum Gasteiger partial charge on any atom is 0.310 e. The fourth-order valence-corrected chi connectivity index (χ4v) is 8.28. The minimum Gasteiger partial charge on any atom is -0.204 e. The highest BCUT2D eigenvalue weighted by molar-refractivity contribution is 7.79. The maximum atomic E-state index is 13.0. The summed E-state index contributed by atoms with van der Waals surface area (Å²) >= 11 is 0. The van der Waals surface area contributed by atoms with E-state index in [2.05, 4.69) is 106 Å². The van der Waals surface area contributed by atoms with E-state index in [1.165, 1.54) is 21.5 Å². The van der Waals surface area contributed by atoms with Gasteiger partial charge in [-0.05, 0) is 78.5 Å². The average molecular weight is 516 g/mol. The van der Waals surface area contributed by atoms with Gasteiger partial charge in [-0.2, -0.15) is 8.78 Å². The van der Waals surface area contributed by atoms with Gasteiger partial charge in [0, 0.05) is 5.92 Å². The summed E-state index contributed by atoms with van der Waals surface area (Å²) in [6.45, 7) is 6.80. The van der Waals surface area contributed by atoms with Gasteiger partial charge in [-0.1, -0.05) is 75.7 Å². The SMILES string of the molecule is CC(C)(C)c1ccc([PH+](c2ccccc2)c2ccccc2)cc1.FC(F)C(F)(F)C1CC2CCC1C2. The molecule has 2 aliphatic rings. The van der Waals surface area contributed by atoms with Crippen LogP contribution in [-0.2, 0) is 5.41 Å². The third-order valence-electron chi connectivity index (χ3n) is 7.69. The summed E-state index contributed by atoms with van der Waals surface area (Å²) in [6, 6.07) is 31.1. The zero-order valence-electron chi connectivity index (χ0n) is 21.2. The highest BCUT2D eigenvalue weighted by Gasteiger charge is 2.56. The number of halogens is 4. The first kappa shape index (κ1) is 26.9. The van der Waals surface area contributed by atoms with Crippen LogP contribution in [0.2, 0.25) is 0 Å². The van der Waals surface area contributed by atoms with Gasteiger partial charge >= 0.3 is 12.3 Å². The molecule has 5 heteroatoms. The van der Waals surface area contributed by atoms with E-state index in [1.807, 2.05) is 0 Å². The van der Waals surface area contributed by atoms with E-state index in [9.17, 15) is 17.6 Å². The molecule has 0 nitrogen and oxygen atoms in total. The van der Waals surface area contributed by atoms with Crippen LogP contribution < -0.4 is 15.9 Å². The Morgan fingerprint density at radius 3 is 1.58 bits per heavy atom. The molecule has 2 fully saturated rings. The molecule has 36 heavy (non-hydrogen) atoms. The topological polar surface area (TPSA) is 0 Å². The van der Waals surface area contributed by atoms with Gasteiger partial charge < -0.3 is 0 Å². The molecular formula is C31H36F4P+. The first-order valence-corrected chi connectivity index (χ1v) is 14.3. The van der Waals surface area contributed by atoms with Crippen molar-refractivity contribution in [1.82, 2.24) is 0 Å². The first-order chi connectivity index (χ1) is 17.1. The molecule has 0 aliphatic heterocycles. The Balaban J connectivity index is 0.000000197. The monoisotopic (exact) mass is 515 g/mol. The second-order valence-corrected chi connectivity index (χ2v) is 13.7. The zero-order valence-corrected chi connectivity index (χ0v) is 22.2. The third kappa shape index (κ3) is 6.02. The van der Waals surface area contributed by atoms with Gasteiger partial charge in [-0.15, -0.1) is 0 Å². The zero-order chi connectivity index (χ0) is 25.9. The molecule has 0 N–H and O–H groups in total. The molecule has 0 aromatic heterocycles. The Hall–Kier alpha value is -2.19. The van der Waals surface area contributed by atoms with Crippen molar-refractivity contribution in [3.05, 3.63) is 90.5 Å². The number of hydrogen-bond donors (Lipinski definition) is 0. The van der Waals surface area contributed by atoms with Gasteiger partial charge in [-0.3, -0.25) is 0 Å². The number of fused-ring (bicyclic) bond motifs is 2. The molecule has 3 aromatic rings. The van der Waals surface area contributed by atoms with E-state index >= 15 is 0 Å². The molecule has 0 heterocycles. The lowest BCUT2D eigenvalue weighted by Crippen LogP contribution is -2.38. The third-order valence-corrected chi connectivity index (χ3v) is 10.4. The van der Waals surface area contributed by atoms with Crippen LogP contribution >= 0.6 is 7.92 Å². The number of benzene rings is 3. The second kappa shape index (κ2) is 11.1. The summed E-state index contributed by atoms with van der Waals surface area (Å²) in [4.78, 5) is 0. The van der Waals surface area contributed by atoms with Gasteiger partial charge in [0.05, 0.1) is 7.92 Å². The summed E-state index contributed by atoms with van der Waals surface area (Å²) in [5, 5.41) is 4.32. The van der Waals surface area contributed by atoms with E-state index in [0.29, 0.717) is 12.3 Å². The largest absolute Gasteiger partial charge is 0.310 e. The molecule has 0 radical (unpaired) electrons. The van der Waals surface area contributed by atoms with Crippen LogP contribution in [0.5, 0.6) is 0 Å². The summed E-state index contributed by atoms with van der Waals surface area (Å²) in [6.07, 6.45) is -0.760. The van der Waals surface area contributed by atoms with E-state index < -0.39 is 26.2 Å². The van der Waals surface area contributed by atoms with Crippen molar-refractivity contribution in [3.63, 3.8) is 0 Å². The molecule has 0 amide bonds. The Labute approximate surface area is 213 Å². The van der Waals surface area contributed by atoms with E-state index in [-0.39, 0.29) is 11.3 Å². The van der Waals surface area contributed by atoms with Crippen LogP contribution in [0, 0.1) is 17.8 Å². The quantitative estimate of drug-likeness (QED) is 0.240. The molecule has 2 aliphatic carbocycles. The fraction of sp³-hybridized carbons (Fsp3) is 0.419. The van der Waals surface area contributed by atoms with Crippen molar-refractivity contribution in [1.29, 1.82) is 0 Å². The Bertz CT molecular complexity index is 1050.